The van der Waals surface area contributed by atoms with E-state index in [1.807, 2.05) is 30.3 Å². The Hall–Kier alpha value is -3.25. The molecule has 0 radical (unpaired) electrons. The molecule has 0 spiro atoms. The number of rotatable bonds is 4. The maximum atomic E-state index is 11.7. The molecule has 1 aromatic carbocycles. The molecule has 3 rings (SSSR count). The number of benzene rings is 1. The maximum Gasteiger partial charge on any atom is 0.261 e. The number of hydrogen-bond acceptors (Lipinski definition) is 7. The third kappa shape index (κ3) is 3.02. The van der Waals surface area contributed by atoms with Crippen molar-refractivity contribution in [1.29, 1.82) is 5.26 Å². The molecule has 0 aliphatic carbocycles. The van der Waals surface area contributed by atoms with Crippen molar-refractivity contribution in [3.63, 3.8) is 0 Å². The third-order valence-corrected chi connectivity index (χ3v) is 4.17. The average Bonchev–Trinajstić information content (AvgIpc) is 3.23. The SMILES string of the molecule is CNC(=O)c1cc2cc(NC=C(C#N)c3nn[nH]n3)ccc2s1. The first-order valence-corrected chi connectivity index (χ1v) is 7.39. The van der Waals surface area contributed by atoms with Gasteiger partial charge in [0.1, 0.15) is 11.6 Å². The Labute approximate surface area is 134 Å². The second kappa shape index (κ2) is 6.25. The fourth-order valence-corrected chi connectivity index (χ4v) is 2.94. The zero-order valence-electron chi connectivity index (χ0n) is 12.0. The summed E-state index contributed by atoms with van der Waals surface area (Å²) in [5.41, 5.74) is 1.05. The number of thiophene rings is 1. The zero-order chi connectivity index (χ0) is 16.2. The first kappa shape index (κ1) is 14.7. The minimum absolute atomic E-state index is 0.107. The van der Waals surface area contributed by atoms with E-state index in [-0.39, 0.29) is 17.3 Å². The molecule has 0 saturated heterocycles. The number of aromatic amines is 1. The fraction of sp³-hybridized carbons (Fsp3) is 0.0714. The molecule has 23 heavy (non-hydrogen) atoms. The number of aromatic nitrogens is 4. The van der Waals surface area contributed by atoms with Crippen LogP contribution in [0, 0.1) is 11.3 Å². The van der Waals surface area contributed by atoms with Gasteiger partial charge in [-0.2, -0.15) is 10.5 Å². The van der Waals surface area contributed by atoms with Crippen LogP contribution in [-0.4, -0.2) is 33.6 Å². The van der Waals surface area contributed by atoms with Crippen molar-refractivity contribution in [1.82, 2.24) is 25.9 Å². The zero-order valence-corrected chi connectivity index (χ0v) is 12.8. The number of hydrogen-bond donors (Lipinski definition) is 3. The van der Waals surface area contributed by atoms with E-state index < -0.39 is 0 Å². The molecule has 9 heteroatoms. The second-order valence-electron chi connectivity index (χ2n) is 4.49. The Bertz CT molecular complexity index is 920. The number of nitrogens with one attached hydrogen (secondary N) is 3. The van der Waals surface area contributed by atoms with E-state index in [2.05, 4.69) is 31.3 Å². The van der Waals surface area contributed by atoms with Crippen molar-refractivity contribution in [2.75, 3.05) is 12.4 Å². The lowest BCUT2D eigenvalue weighted by Crippen LogP contribution is -2.15. The Morgan fingerprint density at radius 2 is 2.30 bits per heavy atom. The van der Waals surface area contributed by atoms with Crippen molar-refractivity contribution in [2.24, 2.45) is 0 Å². The predicted octanol–water partition coefficient (Wildman–Crippen LogP) is 1.75. The highest BCUT2D eigenvalue weighted by Gasteiger charge is 2.09. The van der Waals surface area contributed by atoms with Crippen molar-refractivity contribution in [2.45, 2.75) is 0 Å². The number of H-pyrrole nitrogens is 1. The minimum Gasteiger partial charge on any atom is -0.360 e. The number of carbonyl (C=O) groups is 1. The van der Waals surface area contributed by atoms with Gasteiger partial charge in [-0.15, -0.1) is 21.5 Å². The smallest absolute Gasteiger partial charge is 0.261 e. The van der Waals surface area contributed by atoms with E-state index in [0.717, 1.165) is 15.8 Å². The standard InChI is InChI=1S/C14H11N7OS/c1-16-14(22)12-5-8-4-10(2-3-11(8)23-12)17-7-9(6-15)13-18-20-21-19-13/h2-5,7,17H,1H3,(H,16,22)(H,18,19,20,21). The third-order valence-electron chi connectivity index (χ3n) is 3.06. The molecule has 2 heterocycles. The molecule has 0 aliphatic heterocycles. The van der Waals surface area contributed by atoms with Gasteiger partial charge in [-0.25, -0.2) is 0 Å². The minimum atomic E-state index is -0.107. The van der Waals surface area contributed by atoms with Gasteiger partial charge in [0, 0.05) is 23.6 Å². The number of tetrazole rings is 1. The summed E-state index contributed by atoms with van der Waals surface area (Å²) >= 11 is 1.43. The summed E-state index contributed by atoms with van der Waals surface area (Å²) < 4.78 is 1.01. The van der Waals surface area contributed by atoms with Crippen LogP contribution in [0.3, 0.4) is 0 Å². The van der Waals surface area contributed by atoms with Crippen molar-refractivity contribution in [3.05, 3.63) is 41.2 Å². The summed E-state index contributed by atoms with van der Waals surface area (Å²) in [7, 11) is 1.60. The highest BCUT2D eigenvalue weighted by molar-refractivity contribution is 7.20. The number of anilines is 1. The van der Waals surface area contributed by atoms with Gasteiger partial charge in [-0.1, -0.05) is 0 Å². The normalized spacial score (nSPS) is 11.2. The van der Waals surface area contributed by atoms with Crippen LogP contribution < -0.4 is 10.6 Å². The van der Waals surface area contributed by atoms with Crippen LogP contribution in [0.25, 0.3) is 15.7 Å². The van der Waals surface area contributed by atoms with Crippen molar-refractivity contribution >= 4 is 38.6 Å². The number of carbonyl (C=O) groups excluding carboxylic acids is 1. The summed E-state index contributed by atoms with van der Waals surface area (Å²) in [4.78, 5) is 12.3. The topological polar surface area (TPSA) is 119 Å². The summed E-state index contributed by atoms with van der Waals surface area (Å²) in [5.74, 6) is 0.114. The molecule has 0 fully saturated rings. The first-order valence-electron chi connectivity index (χ1n) is 6.57. The van der Waals surface area contributed by atoms with Crippen molar-refractivity contribution in [3.8, 4) is 6.07 Å². The molecule has 3 N–H and O–H groups in total. The van der Waals surface area contributed by atoms with Gasteiger partial charge in [0.15, 0.2) is 0 Å². The van der Waals surface area contributed by atoms with Crippen molar-refractivity contribution < 1.29 is 4.79 Å². The lowest BCUT2D eigenvalue weighted by atomic mass is 10.2. The first-order chi connectivity index (χ1) is 11.2. The number of fused-ring (bicyclic) bond motifs is 1. The van der Waals surface area contributed by atoms with E-state index in [1.165, 1.54) is 17.5 Å². The van der Waals surface area contributed by atoms with E-state index in [0.29, 0.717) is 4.88 Å². The molecule has 0 atom stereocenters. The van der Waals surface area contributed by atoms with Gasteiger partial charge in [-0.3, -0.25) is 4.79 Å². The maximum absolute atomic E-state index is 11.7. The Morgan fingerprint density at radius 3 is 3.00 bits per heavy atom. The van der Waals surface area contributed by atoms with Gasteiger partial charge >= 0.3 is 0 Å². The van der Waals surface area contributed by atoms with Crippen LogP contribution in [0.15, 0.2) is 30.5 Å². The van der Waals surface area contributed by atoms with Crippen LogP contribution in [0.5, 0.6) is 0 Å². The summed E-state index contributed by atoms with van der Waals surface area (Å²) in [6.45, 7) is 0. The van der Waals surface area contributed by atoms with Crippen LogP contribution >= 0.6 is 11.3 Å². The summed E-state index contributed by atoms with van der Waals surface area (Å²) in [5, 5.41) is 28.9. The van der Waals surface area contributed by atoms with Crippen LogP contribution in [-0.2, 0) is 0 Å². The van der Waals surface area contributed by atoms with Crippen LogP contribution in [0.1, 0.15) is 15.5 Å². The highest BCUT2D eigenvalue weighted by Crippen LogP contribution is 2.28. The van der Waals surface area contributed by atoms with Gasteiger partial charge in [0.05, 0.1) is 4.88 Å². The monoisotopic (exact) mass is 325 g/mol. The van der Waals surface area contributed by atoms with Gasteiger partial charge in [-0.05, 0) is 34.9 Å². The van der Waals surface area contributed by atoms with Gasteiger partial charge in [0.2, 0.25) is 5.82 Å². The number of amides is 1. The van der Waals surface area contributed by atoms with E-state index >= 15 is 0 Å². The molecular formula is C14H11N7OS. The van der Waals surface area contributed by atoms with Crippen LogP contribution in [0.4, 0.5) is 5.69 Å². The molecule has 3 aromatic rings. The quantitative estimate of drug-likeness (QED) is 0.629. The molecule has 1 amide bonds. The number of nitriles is 1. The lowest BCUT2D eigenvalue weighted by molar-refractivity contribution is 0.0967. The largest absolute Gasteiger partial charge is 0.360 e. The molecule has 114 valence electrons. The van der Waals surface area contributed by atoms with E-state index in [4.69, 9.17) is 5.26 Å². The van der Waals surface area contributed by atoms with E-state index in [1.54, 1.807) is 7.05 Å². The number of nitrogens with zero attached hydrogens (tertiary/aromatic N) is 4. The number of allylic oxidation sites excluding steroid dienone is 1. The highest BCUT2D eigenvalue weighted by atomic mass is 32.1. The fourth-order valence-electron chi connectivity index (χ4n) is 1.95. The summed E-state index contributed by atoms with van der Waals surface area (Å²) in [6.07, 6.45) is 1.51. The summed E-state index contributed by atoms with van der Waals surface area (Å²) in [6, 6.07) is 9.52. The Kier molecular flexibility index (Phi) is 3.99. The van der Waals surface area contributed by atoms with Crippen LogP contribution in [0.2, 0.25) is 0 Å². The molecular weight excluding hydrogens is 314 g/mol. The van der Waals surface area contributed by atoms with Gasteiger partial charge in [0.25, 0.3) is 5.91 Å². The Morgan fingerprint density at radius 1 is 1.43 bits per heavy atom. The lowest BCUT2D eigenvalue weighted by Gasteiger charge is -2.01. The predicted molar refractivity (Wildman–Crippen MR) is 86.6 cm³/mol. The Balaban J connectivity index is 1.86. The second-order valence-corrected chi connectivity index (χ2v) is 5.58. The molecule has 0 bridgehead atoms. The average molecular weight is 325 g/mol. The molecule has 2 aromatic heterocycles. The van der Waals surface area contributed by atoms with E-state index in [9.17, 15) is 4.79 Å². The molecule has 8 nitrogen and oxygen atoms in total. The molecule has 0 aliphatic rings. The molecule has 0 unspecified atom stereocenters. The molecule has 0 saturated carbocycles. The van der Waals surface area contributed by atoms with Gasteiger partial charge < -0.3 is 10.6 Å².